The van der Waals surface area contributed by atoms with Crippen molar-refractivity contribution in [2.24, 2.45) is 5.41 Å². The first kappa shape index (κ1) is 25.1. The van der Waals surface area contributed by atoms with Gasteiger partial charge in [0.15, 0.2) is 9.84 Å². The molecule has 1 aromatic carbocycles. The van der Waals surface area contributed by atoms with Gasteiger partial charge < -0.3 is 19.5 Å². The number of benzene rings is 1. The second kappa shape index (κ2) is 8.93. The largest absolute Gasteiger partial charge is 0.371 e. The lowest BCUT2D eigenvalue weighted by Crippen LogP contribution is -2.39. The maximum atomic E-state index is 13.8. The highest BCUT2D eigenvalue weighted by atomic mass is 32.2. The number of hydrogen-bond donors (Lipinski definition) is 1. The summed E-state index contributed by atoms with van der Waals surface area (Å²) in [5, 5.41) is 2.96. The van der Waals surface area contributed by atoms with E-state index in [1.54, 1.807) is 41.3 Å². The Morgan fingerprint density at radius 2 is 1.61 bits per heavy atom. The number of pyridine rings is 1. The molecule has 1 N–H and O–H groups in total. The van der Waals surface area contributed by atoms with Crippen LogP contribution in [-0.2, 0) is 9.84 Å². The van der Waals surface area contributed by atoms with E-state index in [0.717, 1.165) is 37.1 Å². The Kier molecular flexibility index (Phi) is 5.89. The average Bonchev–Trinajstić information content (AvgIpc) is 3.45. The number of anilines is 3. The lowest BCUT2D eigenvalue weighted by atomic mass is 9.93. The van der Waals surface area contributed by atoms with E-state index in [0.29, 0.717) is 22.4 Å². The Morgan fingerprint density at radius 3 is 2.26 bits per heavy atom. The molecule has 3 aromatic rings. The van der Waals surface area contributed by atoms with Gasteiger partial charge in [0.1, 0.15) is 0 Å². The molecule has 2 aromatic heterocycles. The van der Waals surface area contributed by atoms with Gasteiger partial charge >= 0.3 is 0 Å². The maximum absolute atomic E-state index is 13.8. The lowest BCUT2D eigenvalue weighted by Gasteiger charge is -2.35. The second-order valence-electron chi connectivity index (χ2n) is 11.0. The van der Waals surface area contributed by atoms with E-state index in [9.17, 15) is 22.0 Å². The number of rotatable bonds is 5. The van der Waals surface area contributed by atoms with Crippen LogP contribution in [0.3, 0.4) is 0 Å². The molecule has 6 rings (SSSR count). The van der Waals surface area contributed by atoms with E-state index < -0.39 is 15.8 Å². The first-order valence-electron chi connectivity index (χ1n) is 13.0. The predicted octanol–water partition coefficient (Wildman–Crippen LogP) is 4.61. The number of hydrogen-bond acceptors (Lipinski definition) is 6. The number of halogens is 2. The third-order valence-electron chi connectivity index (χ3n) is 8.36. The number of carbonyl (C=O) groups excluding carboxylic acids is 1. The van der Waals surface area contributed by atoms with Gasteiger partial charge in [0.25, 0.3) is 11.8 Å². The lowest BCUT2D eigenvalue weighted by molar-refractivity contribution is -0.0220. The molecule has 0 bridgehead atoms. The molecule has 1 amide bonds. The molecule has 1 saturated carbocycles. The number of alkyl halides is 2. The van der Waals surface area contributed by atoms with E-state index in [1.165, 1.54) is 25.2 Å². The quantitative estimate of drug-likeness (QED) is 0.506. The van der Waals surface area contributed by atoms with Crippen LogP contribution in [0.4, 0.5) is 25.8 Å². The number of amides is 1. The SMILES string of the molecule is CS(=O)(=O)c1ccc(C(=O)Nc2cc(N3CCC(F)(F)CC3)c3cncn3c2)c(N2CCC3(CC2)CC3)c1. The van der Waals surface area contributed by atoms with Crippen LogP contribution >= 0.6 is 0 Å². The zero-order valence-corrected chi connectivity index (χ0v) is 22.1. The summed E-state index contributed by atoms with van der Waals surface area (Å²) in [6.07, 6.45) is 10.3. The highest BCUT2D eigenvalue weighted by Crippen LogP contribution is 2.54. The molecule has 0 atom stereocenters. The fourth-order valence-corrected chi connectivity index (χ4v) is 6.34. The Balaban J connectivity index is 1.31. The molecule has 8 nitrogen and oxygen atoms in total. The number of nitrogens with zero attached hydrogens (tertiary/aromatic N) is 4. The van der Waals surface area contributed by atoms with Crippen molar-refractivity contribution in [3.05, 3.63) is 48.5 Å². The van der Waals surface area contributed by atoms with Crippen molar-refractivity contribution in [1.29, 1.82) is 0 Å². The first-order valence-corrected chi connectivity index (χ1v) is 14.9. The van der Waals surface area contributed by atoms with Crippen molar-refractivity contribution in [2.45, 2.75) is 49.3 Å². The zero-order chi connectivity index (χ0) is 26.7. The number of nitrogens with one attached hydrogen (secondary N) is 1. The van der Waals surface area contributed by atoms with Crippen LogP contribution < -0.4 is 15.1 Å². The molecule has 3 fully saturated rings. The van der Waals surface area contributed by atoms with Gasteiger partial charge in [-0.05, 0) is 55.4 Å². The van der Waals surface area contributed by atoms with Crippen LogP contribution in [0.15, 0.2) is 47.9 Å². The number of fused-ring (bicyclic) bond motifs is 1. The number of imidazole rings is 1. The maximum Gasteiger partial charge on any atom is 0.257 e. The predicted molar refractivity (Wildman–Crippen MR) is 142 cm³/mol. The summed E-state index contributed by atoms with van der Waals surface area (Å²) in [7, 11) is -3.45. The van der Waals surface area contributed by atoms with Crippen LogP contribution in [0.5, 0.6) is 0 Å². The van der Waals surface area contributed by atoms with Crippen molar-refractivity contribution in [3.8, 4) is 0 Å². The zero-order valence-electron chi connectivity index (χ0n) is 21.3. The molecular weight excluding hydrogens is 512 g/mol. The molecule has 4 heterocycles. The van der Waals surface area contributed by atoms with E-state index in [1.807, 2.05) is 4.90 Å². The molecule has 0 unspecified atom stereocenters. The van der Waals surface area contributed by atoms with Gasteiger partial charge in [0, 0.05) is 51.5 Å². The molecule has 2 aliphatic heterocycles. The third-order valence-corrected chi connectivity index (χ3v) is 9.47. The average molecular weight is 544 g/mol. The fourth-order valence-electron chi connectivity index (χ4n) is 5.70. The number of piperidine rings is 2. The molecule has 38 heavy (non-hydrogen) atoms. The third kappa shape index (κ3) is 4.83. The minimum absolute atomic E-state index is 0.180. The number of aromatic nitrogens is 2. The van der Waals surface area contributed by atoms with Crippen LogP contribution in [0, 0.1) is 5.41 Å². The summed E-state index contributed by atoms with van der Waals surface area (Å²) in [5.41, 5.74) is 3.45. The van der Waals surface area contributed by atoms with Crippen molar-refractivity contribution in [1.82, 2.24) is 9.38 Å². The Morgan fingerprint density at radius 1 is 0.947 bits per heavy atom. The van der Waals surface area contributed by atoms with Crippen LogP contribution in [0.2, 0.25) is 0 Å². The van der Waals surface area contributed by atoms with Crippen LogP contribution in [0.1, 0.15) is 48.9 Å². The standard InChI is InChI=1S/C27H31F2N5O3S/c1-38(36,37)20-2-3-21(22(15-20)32-10-6-26(4-5-26)7-11-32)25(35)31-19-14-23(24-16-30-18-34(24)17-19)33-12-8-27(28,29)9-13-33/h2-3,14-18H,4-13H2,1H3,(H,31,35). The van der Waals surface area contributed by atoms with E-state index in [-0.39, 0.29) is 36.7 Å². The monoisotopic (exact) mass is 543 g/mol. The van der Waals surface area contributed by atoms with Gasteiger partial charge in [0.2, 0.25) is 0 Å². The molecule has 3 aliphatic rings. The van der Waals surface area contributed by atoms with Crippen LogP contribution in [0.25, 0.3) is 5.52 Å². The summed E-state index contributed by atoms with van der Waals surface area (Å²) in [5.74, 6) is -3.02. The summed E-state index contributed by atoms with van der Waals surface area (Å²) in [6.45, 7) is 1.97. The minimum atomic E-state index is -3.45. The van der Waals surface area contributed by atoms with Crippen molar-refractivity contribution >= 4 is 38.3 Å². The van der Waals surface area contributed by atoms with E-state index in [4.69, 9.17) is 0 Å². The first-order chi connectivity index (χ1) is 18.0. The molecule has 1 spiro atoms. The van der Waals surface area contributed by atoms with E-state index in [2.05, 4.69) is 15.2 Å². The Labute approximate surface area is 220 Å². The Hall–Kier alpha value is -3.21. The number of sulfone groups is 1. The molecule has 2 saturated heterocycles. The van der Waals surface area contributed by atoms with E-state index >= 15 is 0 Å². The van der Waals surface area contributed by atoms with Crippen molar-refractivity contribution < 1.29 is 22.0 Å². The van der Waals surface area contributed by atoms with Gasteiger partial charge in [0.05, 0.1) is 45.6 Å². The second-order valence-corrected chi connectivity index (χ2v) is 13.1. The van der Waals surface area contributed by atoms with Gasteiger partial charge in [-0.15, -0.1) is 0 Å². The Bertz CT molecular complexity index is 1500. The molecule has 1 aliphatic carbocycles. The smallest absolute Gasteiger partial charge is 0.257 e. The number of carbonyl (C=O) groups is 1. The van der Waals surface area contributed by atoms with Crippen molar-refractivity contribution in [3.63, 3.8) is 0 Å². The van der Waals surface area contributed by atoms with Gasteiger partial charge in [-0.3, -0.25) is 4.79 Å². The summed E-state index contributed by atoms with van der Waals surface area (Å²) in [4.78, 5) is 22.0. The topological polar surface area (TPSA) is 87.0 Å². The molecule has 11 heteroatoms. The van der Waals surface area contributed by atoms with Gasteiger partial charge in [-0.25, -0.2) is 22.2 Å². The highest BCUT2D eigenvalue weighted by Gasteiger charge is 2.44. The van der Waals surface area contributed by atoms with Gasteiger partial charge in [-0.2, -0.15) is 0 Å². The van der Waals surface area contributed by atoms with Crippen molar-refractivity contribution in [2.75, 3.05) is 47.6 Å². The fraction of sp³-hybridized carbons (Fsp3) is 0.481. The summed E-state index contributed by atoms with van der Waals surface area (Å²) < 4.78 is 53.9. The molecule has 0 radical (unpaired) electrons. The molecule has 202 valence electrons. The minimum Gasteiger partial charge on any atom is -0.371 e. The molecular formula is C27H31F2N5O3S. The summed E-state index contributed by atoms with van der Waals surface area (Å²) >= 11 is 0. The normalized spacial score (nSPS) is 20.6. The summed E-state index contributed by atoms with van der Waals surface area (Å²) in [6, 6.07) is 6.44. The highest BCUT2D eigenvalue weighted by molar-refractivity contribution is 7.90. The van der Waals surface area contributed by atoms with Crippen LogP contribution in [-0.4, -0.2) is 62.1 Å². The van der Waals surface area contributed by atoms with Gasteiger partial charge in [-0.1, -0.05) is 0 Å².